The van der Waals surface area contributed by atoms with Crippen molar-refractivity contribution in [3.8, 4) is 0 Å². The number of unbranched alkanes of at least 4 members (excludes halogenated alkanes) is 1. The molecule has 1 atom stereocenters. The van der Waals surface area contributed by atoms with Gasteiger partial charge in [-0.25, -0.2) is 4.39 Å². The Morgan fingerprint density at radius 3 is 2.77 bits per heavy atom. The molecule has 3 nitrogen and oxygen atoms in total. The Labute approximate surface area is 184 Å². The summed E-state index contributed by atoms with van der Waals surface area (Å²) in [6, 6.07) is 13.7. The minimum absolute atomic E-state index is 0.178. The maximum Gasteiger partial charge on any atom is 0.134 e. The van der Waals surface area contributed by atoms with E-state index in [1.54, 1.807) is 17.8 Å². The molecular weight excluding hydrogens is 393 g/mol. The summed E-state index contributed by atoms with van der Waals surface area (Å²) in [6.07, 6.45) is 6.39. The molecule has 1 unspecified atom stereocenters. The summed E-state index contributed by atoms with van der Waals surface area (Å²) < 4.78 is 14.2. The van der Waals surface area contributed by atoms with E-state index in [1.165, 1.54) is 30.2 Å². The highest BCUT2D eigenvalue weighted by Crippen LogP contribution is 2.54. The molecule has 0 amide bonds. The van der Waals surface area contributed by atoms with Crippen molar-refractivity contribution < 1.29 is 4.39 Å². The van der Waals surface area contributed by atoms with Gasteiger partial charge in [0.05, 0.1) is 0 Å². The summed E-state index contributed by atoms with van der Waals surface area (Å²) in [6.45, 7) is 6.79. The first kappa shape index (κ1) is 22.6. The summed E-state index contributed by atoms with van der Waals surface area (Å²) >= 11 is 1.68. The van der Waals surface area contributed by atoms with E-state index in [4.69, 9.17) is 0 Å². The van der Waals surface area contributed by atoms with E-state index in [2.05, 4.69) is 54.9 Å². The largest absolute Gasteiger partial charge is 0.309 e. The Balaban J connectivity index is 0.000000275. The standard InChI is InChI=1S/C18H17FN2S.C7H15N/c1-12-7-8-16(19)14(11-12)17-20-21(2)18(22-17)10-9-13-5-3-4-6-15(13)18;1-4-5-6-7-8(2)3/h3-8,11H,9-10H2,1-2H3;4H,1,5-7H2,2-3H3. The topological polar surface area (TPSA) is 18.8 Å². The highest BCUT2D eigenvalue weighted by molar-refractivity contribution is 8.15. The van der Waals surface area contributed by atoms with E-state index in [-0.39, 0.29) is 10.7 Å². The van der Waals surface area contributed by atoms with Crippen LogP contribution in [-0.4, -0.2) is 42.6 Å². The van der Waals surface area contributed by atoms with Gasteiger partial charge in [0.15, 0.2) is 0 Å². The van der Waals surface area contributed by atoms with Crippen LogP contribution in [0.3, 0.4) is 0 Å². The molecule has 0 bridgehead atoms. The van der Waals surface area contributed by atoms with Crippen LogP contribution in [-0.2, 0) is 11.3 Å². The number of allylic oxidation sites excluding steroid dienone is 1. The van der Waals surface area contributed by atoms with Crippen molar-refractivity contribution in [2.75, 3.05) is 27.7 Å². The van der Waals surface area contributed by atoms with Crippen LogP contribution in [0.5, 0.6) is 0 Å². The van der Waals surface area contributed by atoms with Crippen molar-refractivity contribution >= 4 is 16.8 Å². The first-order chi connectivity index (χ1) is 14.4. The van der Waals surface area contributed by atoms with Crippen molar-refractivity contribution in [3.63, 3.8) is 0 Å². The fourth-order valence-electron chi connectivity index (χ4n) is 3.93. The van der Waals surface area contributed by atoms with E-state index in [0.717, 1.165) is 29.9 Å². The number of rotatable bonds is 5. The molecule has 0 saturated carbocycles. The van der Waals surface area contributed by atoms with Crippen LogP contribution in [0, 0.1) is 12.7 Å². The lowest BCUT2D eigenvalue weighted by atomic mass is 10.1. The molecule has 1 spiro atoms. The van der Waals surface area contributed by atoms with Gasteiger partial charge in [0, 0.05) is 12.6 Å². The van der Waals surface area contributed by atoms with Crippen molar-refractivity contribution in [2.24, 2.45) is 5.10 Å². The molecule has 1 heterocycles. The molecule has 2 aliphatic rings. The monoisotopic (exact) mass is 425 g/mol. The van der Waals surface area contributed by atoms with Gasteiger partial charge in [-0.1, -0.05) is 53.7 Å². The third-order valence-corrected chi connectivity index (χ3v) is 7.09. The smallest absolute Gasteiger partial charge is 0.134 e. The fraction of sp³-hybridized carbons (Fsp3) is 0.400. The number of hydrogen-bond acceptors (Lipinski definition) is 4. The third kappa shape index (κ3) is 4.79. The lowest BCUT2D eigenvalue weighted by Crippen LogP contribution is -2.31. The van der Waals surface area contributed by atoms with Gasteiger partial charge in [0.25, 0.3) is 0 Å². The van der Waals surface area contributed by atoms with Crippen molar-refractivity contribution in [3.05, 3.63) is 83.2 Å². The Morgan fingerprint density at radius 2 is 2.03 bits per heavy atom. The number of hydrogen-bond donors (Lipinski definition) is 0. The first-order valence-corrected chi connectivity index (χ1v) is 11.3. The molecule has 0 N–H and O–H groups in total. The molecule has 4 rings (SSSR count). The van der Waals surface area contributed by atoms with Gasteiger partial charge >= 0.3 is 0 Å². The number of benzene rings is 2. The highest BCUT2D eigenvalue weighted by atomic mass is 32.2. The molecule has 0 saturated heterocycles. The summed E-state index contributed by atoms with van der Waals surface area (Å²) in [5, 5.41) is 7.46. The van der Waals surface area contributed by atoms with Crippen molar-refractivity contribution in [2.45, 2.75) is 37.5 Å². The SMILES string of the molecule is C=CCCCN(C)C.Cc1ccc(F)c(C2=NN(C)C3(CCc4ccccc43)S2)c1. The number of fused-ring (bicyclic) bond motifs is 2. The zero-order valence-corrected chi connectivity index (χ0v) is 19.3. The van der Waals surface area contributed by atoms with Crippen LogP contribution < -0.4 is 0 Å². The van der Waals surface area contributed by atoms with Crippen molar-refractivity contribution in [1.82, 2.24) is 9.91 Å². The number of halogens is 1. The third-order valence-electron chi connectivity index (χ3n) is 5.57. The average Bonchev–Trinajstić information content (AvgIpc) is 3.26. The molecule has 30 heavy (non-hydrogen) atoms. The summed E-state index contributed by atoms with van der Waals surface area (Å²) in [7, 11) is 6.17. The van der Waals surface area contributed by atoms with Gasteiger partial charge < -0.3 is 4.90 Å². The number of hydrazone groups is 1. The Morgan fingerprint density at radius 1 is 1.27 bits per heavy atom. The van der Waals surface area contributed by atoms with Crippen LogP contribution in [0.4, 0.5) is 4.39 Å². The first-order valence-electron chi connectivity index (χ1n) is 10.5. The van der Waals surface area contributed by atoms with Crippen LogP contribution in [0.1, 0.15) is 41.5 Å². The number of nitrogens with zero attached hydrogens (tertiary/aromatic N) is 3. The van der Waals surface area contributed by atoms with Gasteiger partial charge in [0.2, 0.25) is 0 Å². The van der Waals surface area contributed by atoms with Crippen LogP contribution >= 0.6 is 11.8 Å². The normalized spacial score (nSPS) is 19.5. The molecule has 0 radical (unpaired) electrons. The lowest BCUT2D eigenvalue weighted by molar-refractivity contribution is 0.230. The van der Waals surface area contributed by atoms with E-state index in [1.807, 2.05) is 31.1 Å². The van der Waals surface area contributed by atoms with E-state index in [9.17, 15) is 4.39 Å². The maximum absolute atomic E-state index is 14.2. The summed E-state index contributed by atoms with van der Waals surface area (Å²) in [5.41, 5.74) is 4.35. The van der Waals surface area contributed by atoms with Gasteiger partial charge in [-0.2, -0.15) is 5.10 Å². The molecule has 5 heteroatoms. The second-order valence-corrected chi connectivity index (χ2v) is 9.46. The molecule has 0 fully saturated rings. The van der Waals surface area contributed by atoms with Gasteiger partial charge in [-0.3, -0.25) is 5.01 Å². The van der Waals surface area contributed by atoms with E-state index >= 15 is 0 Å². The Hall–Kier alpha value is -2.11. The number of thioether (sulfide) groups is 1. The minimum atomic E-state index is -0.200. The molecule has 1 aliphatic heterocycles. The Bertz CT molecular complexity index is 924. The zero-order valence-electron chi connectivity index (χ0n) is 18.5. The average molecular weight is 426 g/mol. The number of aryl methyl sites for hydroxylation is 2. The lowest BCUT2D eigenvalue weighted by Gasteiger charge is -2.31. The quantitative estimate of drug-likeness (QED) is 0.446. The highest BCUT2D eigenvalue weighted by Gasteiger charge is 2.48. The second-order valence-electron chi connectivity index (χ2n) is 8.19. The van der Waals surface area contributed by atoms with Gasteiger partial charge in [-0.15, -0.1) is 6.58 Å². The molecule has 1 aliphatic carbocycles. The van der Waals surface area contributed by atoms with Gasteiger partial charge in [0.1, 0.15) is 15.7 Å². The summed E-state index contributed by atoms with van der Waals surface area (Å²) in [4.78, 5) is 2.01. The predicted octanol–water partition coefficient (Wildman–Crippen LogP) is 5.79. The van der Waals surface area contributed by atoms with Crippen molar-refractivity contribution in [1.29, 1.82) is 0 Å². The van der Waals surface area contributed by atoms with Gasteiger partial charge in [-0.05, 0) is 76.5 Å². The zero-order chi connectivity index (χ0) is 21.7. The van der Waals surface area contributed by atoms with E-state index in [0.29, 0.717) is 5.56 Å². The molecule has 2 aromatic carbocycles. The summed E-state index contributed by atoms with van der Waals surface area (Å²) in [5.74, 6) is -0.200. The predicted molar refractivity (Wildman–Crippen MR) is 127 cm³/mol. The van der Waals surface area contributed by atoms with E-state index < -0.39 is 0 Å². The van der Waals surface area contributed by atoms with Crippen LogP contribution in [0.2, 0.25) is 0 Å². The second kappa shape index (κ2) is 9.80. The molecular formula is C25H32FN3S. The van der Waals surface area contributed by atoms with Crippen LogP contribution in [0.15, 0.2) is 60.2 Å². The molecule has 0 aromatic heterocycles. The maximum atomic E-state index is 14.2. The fourth-order valence-corrected chi connectivity index (χ4v) is 5.36. The van der Waals surface area contributed by atoms with Crippen LogP contribution in [0.25, 0.3) is 0 Å². The molecule has 160 valence electrons. The minimum Gasteiger partial charge on any atom is -0.309 e. The molecule has 2 aromatic rings. The Kier molecular flexibility index (Phi) is 7.37.